The van der Waals surface area contributed by atoms with E-state index < -0.39 is 16.2 Å². The zero-order valence-electron chi connectivity index (χ0n) is 93.3. The smallest absolute Gasteiger partial charge is 0.316 e. The Kier molecular flexibility index (Phi) is 65.1. The largest absolute Gasteiger partial charge is 0.469 e. The number of para-hydroxylation sites is 1. The first-order chi connectivity index (χ1) is 60.1. The molecule has 3 aromatic rings. The molecule has 21 heteroatoms. The molecule has 5 rings (SSSR count). The lowest BCUT2D eigenvalue weighted by molar-refractivity contribution is -0.156. The van der Waals surface area contributed by atoms with Gasteiger partial charge in [0.25, 0.3) is 0 Å². The van der Waals surface area contributed by atoms with E-state index in [2.05, 4.69) is 196 Å². The third kappa shape index (κ3) is 87.2. The van der Waals surface area contributed by atoms with Gasteiger partial charge in [0.05, 0.1) is 80.2 Å². The first-order valence-corrected chi connectivity index (χ1v) is 53.5. The molecule has 2 heterocycles. The molecule has 772 valence electrons. The number of carbonyl (C=O) groups excluding carboxylic acids is 7. The van der Waals surface area contributed by atoms with Gasteiger partial charge >= 0.3 is 35.8 Å². The number of carbonyl (C=O) groups is 7. The number of ether oxygens (including phenoxy) is 8. The predicted molar refractivity (Wildman–Crippen MR) is 574 cm³/mol. The van der Waals surface area contributed by atoms with Crippen LogP contribution < -0.4 is 4.74 Å². The van der Waals surface area contributed by atoms with E-state index in [1.807, 2.05) is 237 Å². The van der Waals surface area contributed by atoms with Gasteiger partial charge < -0.3 is 42.7 Å². The number of hydrogen-bond donors (Lipinski definition) is 0. The van der Waals surface area contributed by atoms with Crippen molar-refractivity contribution < 1.29 is 71.5 Å². The highest BCUT2D eigenvalue weighted by Crippen LogP contribution is 2.34. The summed E-state index contributed by atoms with van der Waals surface area (Å²) in [4.78, 5) is 84.3. The van der Waals surface area contributed by atoms with Gasteiger partial charge in [-0.2, -0.15) is 0 Å². The number of methoxy groups -OCH3 is 1. The zero-order chi connectivity index (χ0) is 104. The summed E-state index contributed by atoms with van der Waals surface area (Å²) < 4.78 is 41.4. The number of nitrogens with zero attached hydrogens (tertiary/aromatic N) is 2. The van der Waals surface area contributed by atoms with Gasteiger partial charge in [0, 0.05) is 68.7 Å². The van der Waals surface area contributed by atoms with Crippen molar-refractivity contribution in [3.8, 4) is 5.75 Å². The van der Waals surface area contributed by atoms with Gasteiger partial charge in [-0.3, -0.25) is 38.6 Å². The molecule has 0 amide bonds. The molecule has 0 atom stereocenters. The highest BCUT2D eigenvalue weighted by Gasteiger charge is 2.30. The summed E-state index contributed by atoms with van der Waals surface area (Å²) in [5.41, 5.74) is 6.35. The summed E-state index contributed by atoms with van der Waals surface area (Å²) in [6, 6.07) is 24.4. The van der Waals surface area contributed by atoms with Crippen molar-refractivity contribution >= 4 is 84.8 Å². The summed E-state index contributed by atoms with van der Waals surface area (Å²) >= 11 is 0. The third-order valence-electron chi connectivity index (χ3n) is 18.4. The number of morpholine rings is 2. The van der Waals surface area contributed by atoms with Gasteiger partial charge in [-0.05, 0) is 238 Å². The lowest BCUT2D eigenvalue weighted by Crippen LogP contribution is -2.37. The normalized spacial score (nSPS) is 13.9. The maximum Gasteiger partial charge on any atom is 0.316 e. The van der Waals surface area contributed by atoms with Gasteiger partial charge in [0.15, 0.2) is 0 Å². The lowest BCUT2D eigenvalue weighted by Gasteiger charge is -2.26. The van der Waals surface area contributed by atoms with Crippen LogP contribution in [0.5, 0.6) is 5.75 Å². The van der Waals surface area contributed by atoms with Crippen LogP contribution in [0.3, 0.4) is 0 Å². The van der Waals surface area contributed by atoms with Crippen molar-refractivity contribution in [1.82, 2.24) is 9.80 Å². The monoisotopic (exact) mass is 1940 g/mol. The Bertz CT molecular complexity index is 3700. The van der Waals surface area contributed by atoms with Crippen LogP contribution in [-0.2, 0) is 99.0 Å². The van der Waals surface area contributed by atoms with Gasteiger partial charge in [0.1, 0.15) is 24.7 Å². The molecule has 0 N–H and O–H groups in total. The topological polar surface area (TPSA) is 200 Å². The Labute approximate surface area is 832 Å². The van der Waals surface area contributed by atoms with Crippen LogP contribution in [0.1, 0.15) is 358 Å². The predicted octanol–water partition coefficient (Wildman–Crippen LogP) is 29.1. The van der Waals surface area contributed by atoms with Crippen molar-refractivity contribution in [2.45, 2.75) is 362 Å². The van der Waals surface area contributed by atoms with Crippen molar-refractivity contribution in [1.29, 1.82) is 0 Å². The number of ketones is 1. The average Bonchev–Trinajstić information content (AvgIpc) is 0.847. The first-order valence-electron chi connectivity index (χ1n) is 48.5. The summed E-state index contributed by atoms with van der Waals surface area (Å²) in [5, 5.41) is 0. The van der Waals surface area contributed by atoms with Crippen LogP contribution in [0, 0.1) is 75.8 Å². The summed E-state index contributed by atoms with van der Waals surface area (Å²) in [5.74, 6) is 5.08. The van der Waals surface area contributed by atoms with E-state index in [-0.39, 0.29) is 79.5 Å². The molecule has 0 radical (unpaired) electrons. The number of hydrogen-bond acceptors (Lipinski definition) is 21. The Morgan fingerprint density at radius 1 is 0.361 bits per heavy atom. The number of rotatable bonds is 27. The van der Waals surface area contributed by atoms with Crippen LogP contribution in [0.4, 0.5) is 0 Å². The Hall–Kier alpha value is -4.87. The van der Waals surface area contributed by atoms with E-state index >= 15 is 0 Å². The highest BCUT2D eigenvalue weighted by molar-refractivity contribution is 8.77. The molecule has 2 saturated heterocycles. The summed E-state index contributed by atoms with van der Waals surface area (Å²) in [7, 11) is 9.48. The second-order valence-corrected chi connectivity index (χ2v) is 56.3. The maximum absolute atomic E-state index is 11.9. The minimum atomic E-state index is -0.477. The lowest BCUT2D eigenvalue weighted by atomic mass is 9.85. The van der Waals surface area contributed by atoms with Gasteiger partial charge in [-0.25, -0.2) is 0 Å². The van der Waals surface area contributed by atoms with E-state index in [1.165, 1.54) is 66.3 Å². The molecule has 133 heavy (non-hydrogen) atoms. The Morgan fingerprint density at radius 3 is 1.09 bits per heavy atom. The van der Waals surface area contributed by atoms with Crippen LogP contribution >= 0.6 is 43.2 Å². The molecule has 2 aliphatic rings. The molecule has 0 unspecified atom stereocenters. The number of esters is 6. The van der Waals surface area contributed by atoms with Crippen molar-refractivity contribution in [2.75, 3.05) is 116 Å². The van der Waals surface area contributed by atoms with E-state index in [0.717, 1.165) is 102 Å². The molecule has 3 aromatic carbocycles. The molecule has 0 saturated carbocycles. The van der Waals surface area contributed by atoms with Gasteiger partial charge in [-0.1, -0.05) is 309 Å². The summed E-state index contributed by atoms with van der Waals surface area (Å²) in [6.45, 7) is 101. The third-order valence-corrected chi connectivity index (χ3v) is 23.6. The molecular weight excluding hydrogens is 1740 g/mol. The fourth-order valence-corrected chi connectivity index (χ4v) is 15.7. The van der Waals surface area contributed by atoms with E-state index in [9.17, 15) is 33.6 Å². The minimum Gasteiger partial charge on any atom is -0.469 e. The van der Waals surface area contributed by atoms with Crippen molar-refractivity contribution in [3.05, 3.63) is 113 Å². The highest BCUT2D eigenvalue weighted by atomic mass is 33.1. The second kappa shape index (κ2) is 64.5. The SMILES string of the molecule is CC(=O)CCc1ccccc1CC(C)(C)C.CC(C)(C)C/C=C\COC(=O)C(C)(C)C.CC(C)(C)CCOC(=O)C(C)(C)C.CC(C)(C)CCSSCCN1CCOCC1.CC(C)(C)COC(=O)C(C)(C)C.CC(C)(C)CSSCCN1CCOCC1.CC(C)(C)Cc1ccccc1COC(=O)C(C)(C)C.CC(C)(C)Cc1ccccc1OC(=O)C(C)(C)C.COC(=O)CC(C)(C)C. The fourth-order valence-electron chi connectivity index (χ4n) is 10.5. The molecule has 2 aliphatic heterocycles. The number of Topliss-reactive ketones (excluding diaryl/α,β-unsaturated/α-hetero) is 1. The maximum atomic E-state index is 11.9. The van der Waals surface area contributed by atoms with Crippen LogP contribution in [0.25, 0.3) is 0 Å². The van der Waals surface area contributed by atoms with Crippen molar-refractivity contribution in [3.63, 3.8) is 0 Å². The Balaban J connectivity index is -0.000000708. The molecule has 0 aromatic heterocycles. The van der Waals surface area contributed by atoms with Crippen LogP contribution in [0.2, 0.25) is 0 Å². The standard InChI is InChI=1S/C17H26O2.C16H24O2.C15H22O.C13H24O2.C12H25NOS2.C11H23NOS2.C11H22O2.C10H20O2.C7H14O2/c1-16(2,3)11-13-9-7-8-10-14(13)12-19-15(18)17(4,5)6;1-15(2,3)11-12-9-7-8-10-13(12)18-14(17)16(4,5)6;1-12(16)9-10-13-7-5-6-8-14(13)11-15(2,3)4;1-12(2,3)9-7-8-10-15-11(14)13(4,5)6;1-12(2,3)4-10-15-16-11-7-13-5-8-14-9-6-13;1-11(2,3)10-15-14-9-6-12-4-7-13-8-5-12;1-10(2,3)7-8-13-9(12)11(4,5)6;1-9(2,3)7-12-8(11)10(4,5)6;1-7(2,3)5-6(8)9-4/h7-10H,11-12H2,1-6H3;7-10H,11H2,1-6H3;5-8H,9-11H2,1-4H3;7-8H,9-10H2,1-6H3;4-11H2,1-3H3;4-10H2,1-3H3;7-8H2,1-6H3;7H2,1-6H3;5H2,1-4H3/b;;;8-7-;;;;;. The molecule has 17 nitrogen and oxygen atoms in total. The fraction of sp³-hybridized carbons (Fsp3) is 0.759. The number of aryl methyl sites for hydroxylation is 1. The average molecular weight is 1940 g/mol. The second-order valence-electron chi connectivity index (χ2n) is 51.0. The Morgan fingerprint density at radius 2 is 0.722 bits per heavy atom. The molecular formula is C112H200N2O15S4. The van der Waals surface area contributed by atoms with Gasteiger partial charge in [-0.15, -0.1) is 0 Å². The zero-order valence-corrected chi connectivity index (χ0v) is 96.6. The number of allylic oxidation sites excluding steroid dienone is 1. The molecule has 0 spiro atoms. The molecule has 2 fully saturated rings. The first kappa shape index (κ1) is 134. The van der Waals surface area contributed by atoms with E-state index in [1.54, 1.807) is 6.92 Å². The summed E-state index contributed by atoms with van der Waals surface area (Å²) in [6.07, 6.45) is 12.2. The molecule has 0 aliphatic carbocycles. The minimum absolute atomic E-state index is 0.0487. The number of benzene rings is 3. The van der Waals surface area contributed by atoms with E-state index in [0.29, 0.717) is 66.7 Å². The van der Waals surface area contributed by atoms with Gasteiger partial charge in [0.2, 0.25) is 0 Å². The molecule has 0 bridgehead atoms. The van der Waals surface area contributed by atoms with Crippen molar-refractivity contribution in [2.24, 2.45) is 75.8 Å². The van der Waals surface area contributed by atoms with E-state index in [4.69, 9.17) is 33.2 Å². The quantitative estimate of drug-likeness (QED) is 0.0174. The van der Waals surface area contributed by atoms with Crippen LogP contribution in [0.15, 0.2) is 84.9 Å². The van der Waals surface area contributed by atoms with Crippen LogP contribution in [-0.4, -0.2) is 167 Å².